The quantitative estimate of drug-likeness (QED) is 0.211. The van der Waals surface area contributed by atoms with Crippen LogP contribution in [0.5, 0.6) is 0 Å². The standard InChI is InChI=1S/C15H11.C9H13.C3H6Si.2ClH.Zr/c1-2-6-12(7-3-1)15-11-10-13-8-4-5-9-14(13)15;1-6-5-7(2)9(4)8(6)3;1-2-4-3-1;;;/h1-11H;6H,1-4H3;1-3H2;2*1H;/q2*-1;;;;+2. The Morgan fingerprint density at radius 3 is 1.97 bits per heavy atom. The van der Waals surface area contributed by atoms with Crippen molar-refractivity contribution in [1.82, 2.24) is 0 Å². The molecule has 0 amide bonds. The maximum Gasteiger partial charge on any atom is -0.0623 e. The zero-order valence-corrected chi connectivity index (χ0v) is 24.0. The molecule has 31 heavy (non-hydrogen) atoms. The molecular weight excluding hydrogens is 515 g/mol. The zero-order valence-electron chi connectivity index (χ0n) is 18.9. The first-order chi connectivity index (χ1) is 14.0. The summed E-state index contributed by atoms with van der Waals surface area (Å²) in [6, 6.07) is 26.7. The summed E-state index contributed by atoms with van der Waals surface area (Å²) in [5, 5.41) is 2.65. The topological polar surface area (TPSA) is 0 Å². The fourth-order valence-electron chi connectivity index (χ4n) is 3.54. The Labute approximate surface area is 215 Å². The van der Waals surface area contributed by atoms with Crippen molar-refractivity contribution in [2.45, 2.75) is 46.2 Å². The van der Waals surface area contributed by atoms with Crippen molar-refractivity contribution < 1.29 is 23.3 Å². The molecule has 0 N–H and O–H groups in total. The van der Waals surface area contributed by atoms with Gasteiger partial charge in [0.2, 0.25) is 0 Å². The molecule has 1 saturated heterocycles. The van der Waals surface area contributed by atoms with E-state index in [0.29, 0.717) is 11.4 Å². The molecule has 1 unspecified atom stereocenters. The third-order valence-electron chi connectivity index (χ3n) is 5.96. The average Bonchev–Trinajstić information content (AvgIpc) is 3.25. The van der Waals surface area contributed by atoms with Gasteiger partial charge in [-0.1, -0.05) is 68.7 Å². The van der Waals surface area contributed by atoms with Crippen molar-refractivity contribution in [2.24, 2.45) is 5.92 Å². The minimum Gasteiger partial charge on any atom is -0.150 e. The minimum absolute atomic E-state index is 0. The minimum atomic E-state index is 0. The van der Waals surface area contributed by atoms with E-state index < -0.39 is 0 Å². The fraction of sp³-hybridized carbons (Fsp3) is 0.296. The van der Waals surface area contributed by atoms with Crippen molar-refractivity contribution in [2.75, 3.05) is 0 Å². The number of allylic oxidation sites excluding steroid dienone is 4. The Morgan fingerprint density at radius 2 is 1.52 bits per heavy atom. The Bertz CT molecular complexity index is 1040. The van der Waals surface area contributed by atoms with Gasteiger partial charge >= 0.3 is 47.3 Å². The van der Waals surface area contributed by atoms with E-state index in [1.165, 1.54) is 38.6 Å². The van der Waals surface area contributed by atoms with Crippen LogP contribution in [0.15, 0.2) is 83.4 Å². The molecule has 2 aliphatic rings. The van der Waals surface area contributed by atoms with E-state index >= 15 is 0 Å². The molecule has 3 aromatic rings. The predicted octanol–water partition coefficient (Wildman–Crippen LogP) is 8.72. The van der Waals surface area contributed by atoms with Crippen LogP contribution in [-0.2, 0) is 23.3 Å². The molecule has 5 rings (SSSR count). The second kappa shape index (κ2) is 13.7. The van der Waals surface area contributed by atoms with Gasteiger partial charge in [0.25, 0.3) is 0 Å². The van der Waals surface area contributed by atoms with Crippen molar-refractivity contribution in [3.8, 4) is 11.1 Å². The van der Waals surface area contributed by atoms with Gasteiger partial charge in [-0.2, -0.15) is 11.1 Å². The SMILES string of the molecule is CC1=[C-]C(C)C(C)=C1C.Cl.Cl.[Zr+2]=[Si]1CCC1.c1ccc(-c2c[cH-]c3ccccc23)cc1. The number of benzene rings is 2. The molecule has 162 valence electrons. The average molecular weight is 547 g/mol. The molecule has 1 aliphatic heterocycles. The smallest absolute Gasteiger partial charge is 0.0623 e. The van der Waals surface area contributed by atoms with Crippen molar-refractivity contribution in [1.29, 1.82) is 0 Å². The van der Waals surface area contributed by atoms with Gasteiger partial charge in [-0.15, -0.1) is 78.4 Å². The molecule has 1 heterocycles. The van der Waals surface area contributed by atoms with Gasteiger partial charge in [0, 0.05) is 0 Å². The van der Waals surface area contributed by atoms with Crippen LogP contribution in [-0.4, -0.2) is 5.43 Å². The molecule has 0 aromatic heterocycles. The first-order valence-electron chi connectivity index (χ1n) is 10.5. The number of hydrogen-bond donors (Lipinski definition) is 0. The normalized spacial score (nSPS) is 16.6. The predicted molar refractivity (Wildman–Crippen MR) is 139 cm³/mol. The van der Waals surface area contributed by atoms with Gasteiger partial charge in [-0.3, -0.25) is 6.08 Å². The second-order valence-corrected chi connectivity index (χ2v) is 15.4. The molecule has 0 saturated carbocycles. The van der Waals surface area contributed by atoms with Crippen molar-refractivity contribution in [3.63, 3.8) is 0 Å². The van der Waals surface area contributed by atoms with E-state index in [-0.39, 0.29) is 24.8 Å². The van der Waals surface area contributed by atoms with Crippen LogP contribution >= 0.6 is 24.8 Å². The monoisotopic (exact) mass is 544 g/mol. The maximum absolute atomic E-state index is 3.36. The van der Waals surface area contributed by atoms with E-state index in [1.54, 1.807) is 18.5 Å². The van der Waals surface area contributed by atoms with Gasteiger partial charge in [0.1, 0.15) is 0 Å². The summed E-state index contributed by atoms with van der Waals surface area (Å²) >= 11 is 1.86. The Kier molecular flexibility index (Phi) is 12.5. The number of halogens is 2. The van der Waals surface area contributed by atoms with E-state index in [2.05, 4.69) is 101 Å². The van der Waals surface area contributed by atoms with Crippen LogP contribution in [0.3, 0.4) is 0 Å². The first kappa shape index (κ1) is 28.2. The third-order valence-corrected chi connectivity index (χ3v) is 11.6. The molecular formula is C27H32Cl2SiZr. The molecule has 0 bridgehead atoms. The maximum atomic E-state index is 3.36. The summed E-state index contributed by atoms with van der Waals surface area (Å²) in [4.78, 5) is 0. The van der Waals surface area contributed by atoms with Crippen LogP contribution in [0.25, 0.3) is 21.9 Å². The fourth-order valence-corrected chi connectivity index (χ4v) is 6.85. The molecule has 1 fully saturated rings. The van der Waals surface area contributed by atoms with Gasteiger partial charge in [-0.25, -0.2) is 5.57 Å². The molecule has 1 aliphatic carbocycles. The molecule has 0 radical (unpaired) electrons. The molecule has 1 atom stereocenters. The van der Waals surface area contributed by atoms with Crippen LogP contribution in [0.1, 0.15) is 34.1 Å². The van der Waals surface area contributed by atoms with E-state index in [9.17, 15) is 0 Å². The van der Waals surface area contributed by atoms with E-state index in [4.69, 9.17) is 0 Å². The van der Waals surface area contributed by atoms with Gasteiger partial charge < -0.3 is 0 Å². The van der Waals surface area contributed by atoms with Crippen molar-refractivity contribution >= 4 is 41.0 Å². The number of rotatable bonds is 1. The number of hydrogen-bond acceptors (Lipinski definition) is 0. The summed E-state index contributed by atoms with van der Waals surface area (Å²) in [7, 11) is 0. The summed E-state index contributed by atoms with van der Waals surface area (Å²) in [5.41, 5.74) is 7.26. The van der Waals surface area contributed by atoms with Gasteiger partial charge in [0.15, 0.2) is 0 Å². The Hall–Kier alpha value is -0.790. The van der Waals surface area contributed by atoms with Crippen LogP contribution in [0, 0.1) is 12.0 Å². The molecule has 0 nitrogen and oxygen atoms in total. The summed E-state index contributed by atoms with van der Waals surface area (Å²) < 4.78 is 0. The van der Waals surface area contributed by atoms with Crippen LogP contribution in [0.4, 0.5) is 0 Å². The summed E-state index contributed by atoms with van der Waals surface area (Å²) in [6.07, 6.45) is 4.91. The Morgan fingerprint density at radius 1 is 0.935 bits per heavy atom. The van der Waals surface area contributed by atoms with E-state index in [0.717, 1.165) is 0 Å². The van der Waals surface area contributed by atoms with Crippen molar-refractivity contribution in [3.05, 3.63) is 89.5 Å². The summed E-state index contributed by atoms with van der Waals surface area (Å²) in [5.74, 6) is 0.560. The van der Waals surface area contributed by atoms with Gasteiger partial charge in [0.05, 0.1) is 0 Å². The zero-order chi connectivity index (χ0) is 20.8. The largest absolute Gasteiger partial charge is 0.150 e. The second-order valence-electron chi connectivity index (χ2n) is 7.96. The molecule has 4 heteroatoms. The third kappa shape index (κ3) is 7.64. The molecule has 3 aromatic carbocycles. The van der Waals surface area contributed by atoms with Gasteiger partial charge in [-0.05, 0) is 0 Å². The van der Waals surface area contributed by atoms with Crippen LogP contribution in [0.2, 0.25) is 12.1 Å². The van der Waals surface area contributed by atoms with Crippen LogP contribution < -0.4 is 0 Å². The Balaban J connectivity index is 0.000000258. The number of fused-ring (bicyclic) bond motifs is 1. The summed E-state index contributed by atoms with van der Waals surface area (Å²) in [6.45, 7) is 8.67. The molecule has 0 spiro atoms. The van der Waals surface area contributed by atoms with E-state index in [1.807, 2.05) is 23.3 Å². The first-order valence-corrected chi connectivity index (χ1v) is 16.1.